The average Bonchev–Trinajstić information content (AvgIpc) is 2.61. The second-order valence-electron chi connectivity index (χ2n) is 3.57. The molecule has 0 atom stereocenters. The van der Waals surface area contributed by atoms with Crippen molar-refractivity contribution in [2.45, 2.75) is 12.8 Å². The minimum absolute atomic E-state index is 0.195. The summed E-state index contributed by atoms with van der Waals surface area (Å²) in [7, 11) is 0. The quantitative estimate of drug-likeness (QED) is 0.488. The maximum atomic E-state index is 8.09. The van der Waals surface area contributed by atoms with Gasteiger partial charge < -0.3 is 10.2 Å². The van der Waals surface area contributed by atoms with Crippen molar-refractivity contribution in [2.75, 3.05) is 13.2 Å². The van der Waals surface area contributed by atoms with Crippen LogP contribution in [0.1, 0.15) is 18.4 Å². The normalized spacial score (nSPS) is 7.14. The van der Waals surface area contributed by atoms with E-state index in [1.54, 1.807) is 18.2 Å². The lowest BCUT2D eigenvalue weighted by Crippen LogP contribution is -1.85. The number of benzene rings is 1. The summed E-state index contributed by atoms with van der Waals surface area (Å²) in [5, 5.41) is 23.7. The first-order chi connectivity index (χ1) is 10.7. The van der Waals surface area contributed by atoms with Gasteiger partial charge in [-0.3, -0.25) is 0 Å². The Morgan fingerprint density at radius 2 is 1.32 bits per heavy atom. The Labute approximate surface area is 134 Å². The van der Waals surface area contributed by atoms with E-state index in [0.717, 1.165) is 12.8 Å². The van der Waals surface area contributed by atoms with Crippen LogP contribution in [0.2, 0.25) is 0 Å². The molecule has 0 unspecified atom stereocenters. The van der Waals surface area contributed by atoms with Gasteiger partial charge >= 0.3 is 0 Å². The van der Waals surface area contributed by atoms with Crippen LogP contribution in [-0.4, -0.2) is 23.4 Å². The number of aliphatic hydroxyl groups is 2. The van der Waals surface area contributed by atoms with Crippen LogP contribution < -0.4 is 0 Å². The average molecular weight is 301 g/mol. The number of hydrogen-bond donors (Lipinski definition) is 2. The van der Waals surface area contributed by atoms with Crippen LogP contribution in [0.25, 0.3) is 6.08 Å². The number of hydrogen-bond acceptors (Lipinski definition) is 3. The van der Waals surface area contributed by atoms with E-state index in [-0.39, 0.29) is 13.2 Å². The van der Waals surface area contributed by atoms with E-state index in [9.17, 15) is 0 Å². The van der Waals surface area contributed by atoms with E-state index in [1.165, 1.54) is 11.6 Å². The lowest BCUT2D eigenvalue weighted by molar-refractivity contribution is 0.242. The molecule has 2 N–H and O–H groups in total. The SMILES string of the molecule is C=CC#N.C=CC=C.C=Cc1ccccc1.OCCCCO. The van der Waals surface area contributed by atoms with Crippen LogP contribution in [0.4, 0.5) is 0 Å². The molecule has 0 amide bonds. The van der Waals surface area contributed by atoms with Crippen molar-refractivity contribution in [3.05, 3.63) is 80.4 Å². The Bertz CT molecular complexity index is 395. The summed E-state index contributed by atoms with van der Waals surface area (Å²) >= 11 is 0. The Morgan fingerprint density at radius 1 is 0.909 bits per heavy atom. The second-order valence-corrected chi connectivity index (χ2v) is 3.57. The van der Waals surface area contributed by atoms with E-state index < -0.39 is 0 Å². The Kier molecular flexibility index (Phi) is 30.2. The van der Waals surface area contributed by atoms with Gasteiger partial charge in [-0.1, -0.05) is 74.9 Å². The van der Waals surface area contributed by atoms with Crippen LogP contribution in [0.3, 0.4) is 0 Å². The molecule has 0 fully saturated rings. The fourth-order valence-corrected chi connectivity index (χ4v) is 0.813. The molecule has 0 aliphatic carbocycles. The maximum absolute atomic E-state index is 8.09. The minimum atomic E-state index is 0.195. The molecule has 3 heteroatoms. The molecule has 0 aliphatic rings. The molecule has 1 aromatic rings. The molecule has 0 saturated carbocycles. The zero-order chi connectivity index (χ0) is 17.5. The summed E-state index contributed by atoms with van der Waals surface area (Å²) in [6.07, 6.45) is 7.73. The van der Waals surface area contributed by atoms with Crippen molar-refractivity contribution in [2.24, 2.45) is 0 Å². The molecule has 0 aliphatic heterocycles. The van der Waals surface area contributed by atoms with E-state index >= 15 is 0 Å². The monoisotopic (exact) mass is 301 g/mol. The summed E-state index contributed by atoms with van der Waals surface area (Å²) < 4.78 is 0. The lowest BCUT2D eigenvalue weighted by Gasteiger charge is -1.85. The molecular weight excluding hydrogens is 274 g/mol. The van der Waals surface area contributed by atoms with E-state index in [1.807, 2.05) is 36.4 Å². The summed E-state index contributed by atoms with van der Waals surface area (Å²) in [5.41, 5.74) is 1.17. The molecule has 120 valence electrons. The van der Waals surface area contributed by atoms with Crippen molar-refractivity contribution in [3.63, 3.8) is 0 Å². The molecule has 0 heterocycles. The van der Waals surface area contributed by atoms with Crippen molar-refractivity contribution >= 4 is 6.08 Å². The smallest absolute Gasteiger partial charge is 0.0905 e. The Balaban J connectivity index is -0.000000231. The van der Waals surface area contributed by atoms with Gasteiger partial charge in [-0.25, -0.2) is 0 Å². The van der Waals surface area contributed by atoms with Gasteiger partial charge in [0.05, 0.1) is 6.07 Å². The van der Waals surface area contributed by atoms with Crippen LogP contribution in [0, 0.1) is 11.3 Å². The number of aliphatic hydroxyl groups excluding tert-OH is 2. The highest BCUT2D eigenvalue weighted by Crippen LogP contribution is 1.97. The molecule has 0 radical (unpaired) electrons. The molecular formula is C19H27NO2. The summed E-state index contributed by atoms with van der Waals surface area (Å²) in [4.78, 5) is 0. The third-order valence-electron chi connectivity index (χ3n) is 1.86. The molecule has 22 heavy (non-hydrogen) atoms. The molecule has 1 aromatic carbocycles. The fourth-order valence-electron chi connectivity index (χ4n) is 0.813. The van der Waals surface area contributed by atoms with Gasteiger partial charge in [0.15, 0.2) is 0 Å². The minimum Gasteiger partial charge on any atom is -0.396 e. The second kappa shape index (κ2) is 27.0. The number of allylic oxidation sites excluding steroid dienone is 3. The van der Waals surface area contributed by atoms with Gasteiger partial charge in [0.25, 0.3) is 0 Å². The number of nitriles is 1. The molecule has 3 nitrogen and oxygen atoms in total. The Morgan fingerprint density at radius 3 is 1.50 bits per heavy atom. The van der Waals surface area contributed by atoms with Gasteiger partial charge in [-0.2, -0.15) is 5.26 Å². The fraction of sp³-hybridized carbons (Fsp3) is 0.211. The van der Waals surface area contributed by atoms with Crippen LogP contribution in [0.5, 0.6) is 0 Å². The zero-order valence-corrected chi connectivity index (χ0v) is 13.2. The maximum Gasteiger partial charge on any atom is 0.0905 e. The largest absolute Gasteiger partial charge is 0.396 e. The van der Waals surface area contributed by atoms with E-state index in [4.69, 9.17) is 15.5 Å². The molecule has 0 bridgehead atoms. The summed E-state index contributed by atoms with van der Waals surface area (Å²) in [6, 6.07) is 11.7. The highest BCUT2D eigenvalue weighted by atomic mass is 16.3. The summed E-state index contributed by atoms with van der Waals surface area (Å²) in [6.45, 7) is 13.9. The van der Waals surface area contributed by atoms with Gasteiger partial charge in [0.2, 0.25) is 0 Å². The first-order valence-corrected chi connectivity index (χ1v) is 6.81. The van der Waals surface area contributed by atoms with Crippen molar-refractivity contribution in [1.29, 1.82) is 5.26 Å². The number of rotatable bonds is 5. The third-order valence-corrected chi connectivity index (χ3v) is 1.86. The molecule has 0 aromatic heterocycles. The van der Waals surface area contributed by atoms with Gasteiger partial charge in [0, 0.05) is 19.3 Å². The zero-order valence-electron chi connectivity index (χ0n) is 13.2. The van der Waals surface area contributed by atoms with E-state index in [2.05, 4.69) is 26.3 Å². The van der Waals surface area contributed by atoms with Gasteiger partial charge in [-0.15, -0.1) is 0 Å². The molecule has 0 spiro atoms. The van der Waals surface area contributed by atoms with Crippen LogP contribution in [0.15, 0.2) is 74.9 Å². The first kappa shape index (κ1) is 24.6. The standard InChI is InChI=1S/C8H8.C4H10O2.C4H6.C3H3N/c1-2-8-6-4-3-5-7-8;5-3-1-2-4-6;1-3-4-2;1-2-3-4/h2-7H,1H2;5-6H,1-4H2;3-4H,1-2H2;2H,1H2. The molecule has 0 saturated heterocycles. The molecule has 1 rings (SSSR count). The highest BCUT2D eigenvalue weighted by molar-refractivity contribution is 5.45. The van der Waals surface area contributed by atoms with E-state index in [0.29, 0.717) is 0 Å². The lowest BCUT2D eigenvalue weighted by atomic mass is 10.2. The van der Waals surface area contributed by atoms with Crippen molar-refractivity contribution in [3.8, 4) is 6.07 Å². The van der Waals surface area contributed by atoms with Gasteiger partial charge in [0.1, 0.15) is 0 Å². The van der Waals surface area contributed by atoms with Crippen molar-refractivity contribution < 1.29 is 10.2 Å². The summed E-state index contributed by atoms with van der Waals surface area (Å²) in [5.74, 6) is 0. The first-order valence-electron chi connectivity index (χ1n) is 6.81. The topological polar surface area (TPSA) is 64.2 Å². The van der Waals surface area contributed by atoms with Gasteiger partial charge in [-0.05, 0) is 18.4 Å². The van der Waals surface area contributed by atoms with Crippen molar-refractivity contribution in [1.82, 2.24) is 0 Å². The van der Waals surface area contributed by atoms with Crippen LogP contribution in [-0.2, 0) is 0 Å². The van der Waals surface area contributed by atoms with Crippen LogP contribution >= 0.6 is 0 Å². The number of nitrogens with zero attached hydrogens (tertiary/aromatic N) is 1. The highest BCUT2D eigenvalue weighted by Gasteiger charge is 1.77. The predicted octanol–water partition coefficient (Wildman–Crippen LogP) is 4.14. The third kappa shape index (κ3) is 30.5. The number of unbranched alkanes of at least 4 members (excludes halogenated alkanes) is 1. The predicted molar refractivity (Wildman–Crippen MR) is 96.1 cm³/mol. The Hall–Kier alpha value is -2.41.